The molecular formula is C12H13BrN4. The molecule has 0 unspecified atom stereocenters. The first kappa shape index (κ1) is 10.8. The van der Waals surface area contributed by atoms with Crippen molar-refractivity contribution < 1.29 is 0 Å². The van der Waals surface area contributed by atoms with Crippen LogP contribution in [0.1, 0.15) is 11.3 Å². The van der Waals surface area contributed by atoms with Crippen LogP contribution in [0, 0.1) is 0 Å². The zero-order valence-electron chi connectivity index (χ0n) is 9.28. The smallest absolute Gasteiger partial charge is 0.150 e. The topological polar surface area (TPSA) is 55.9 Å². The Labute approximate surface area is 108 Å². The molecule has 88 valence electrons. The fraction of sp³-hybridized carbons (Fsp3) is 0.250. The van der Waals surface area contributed by atoms with Crippen LogP contribution in [0.2, 0.25) is 0 Å². The van der Waals surface area contributed by atoms with E-state index < -0.39 is 0 Å². The summed E-state index contributed by atoms with van der Waals surface area (Å²) in [5.41, 5.74) is 9.36. The molecule has 0 fully saturated rings. The number of aromatic nitrogens is 2. The van der Waals surface area contributed by atoms with E-state index in [1.807, 2.05) is 22.9 Å². The monoisotopic (exact) mass is 292 g/mol. The van der Waals surface area contributed by atoms with Crippen molar-refractivity contribution in [3.63, 3.8) is 0 Å². The summed E-state index contributed by atoms with van der Waals surface area (Å²) in [6.45, 7) is 1.79. The fourth-order valence-corrected chi connectivity index (χ4v) is 2.58. The Morgan fingerprint density at radius 1 is 1.41 bits per heavy atom. The third-order valence-corrected chi connectivity index (χ3v) is 3.51. The van der Waals surface area contributed by atoms with Gasteiger partial charge in [-0.05, 0) is 18.2 Å². The summed E-state index contributed by atoms with van der Waals surface area (Å²) in [5, 5.41) is 7.75. The predicted molar refractivity (Wildman–Crippen MR) is 71.1 cm³/mol. The summed E-state index contributed by atoms with van der Waals surface area (Å²) in [4.78, 5) is 0. The van der Waals surface area contributed by atoms with Crippen molar-refractivity contribution in [2.45, 2.75) is 13.0 Å². The van der Waals surface area contributed by atoms with Gasteiger partial charge in [-0.1, -0.05) is 22.0 Å². The summed E-state index contributed by atoms with van der Waals surface area (Å²) in [5.74, 6) is 0.632. The maximum Gasteiger partial charge on any atom is 0.150 e. The third kappa shape index (κ3) is 1.85. The van der Waals surface area contributed by atoms with Gasteiger partial charge in [0.25, 0.3) is 0 Å². The molecule has 0 aliphatic carbocycles. The Kier molecular flexibility index (Phi) is 2.64. The van der Waals surface area contributed by atoms with E-state index >= 15 is 0 Å². The van der Waals surface area contributed by atoms with Crippen LogP contribution < -0.4 is 11.1 Å². The molecule has 1 aliphatic heterocycles. The zero-order chi connectivity index (χ0) is 11.8. The Morgan fingerprint density at radius 2 is 2.29 bits per heavy atom. The van der Waals surface area contributed by atoms with Gasteiger partial charge in [-0.2, -0.15) is 5.10 Å². The van der Waals surface area contributed by atoms with Crippen LogP contribution in [-0.2, 0) is 13.0 Å². The molecule has 0 bridgehead atoms. The van der Waals surface area contributed by atoms with E-state index in [-0.39, 0.29) is 0 Å². The van der Waals surface area contributed by atoms with Crippen LogP contribution in [0.3, 0.4) is 0 Å². The number of halogens is 1. The van der Waals surface area contributed by atoms with Crippen molar-refractivity contribution in [1.82, 2.24) is 15.1 Å². The summed E-state index contributed by atoms with van der Waals surface area (Å²) in [6, 6.07) is 8.10. The number of rotatable bonds is 1. The number of nitrogens with two attached hydrogens (primary N) is 1. The first-order chi connectivity index (χ1) is 8.25. The van der Waals surface area contributed by atoms with Gasteiger partial charge in [0, 0.05) is 29.5 Å². The molecule has 3 rings (SSSR count). The summed E-state index contributed by atoms with van der Waals surface area (Å²) in [7, 11) is 0. The molecule has 1 aromatic carbocycles. The first-order valence-electron chi connectivity index (χ1n) is 5.58. The fourth-order valence-electron chi connectivity index (χ4n) is 2.20. The second-order valence-corrected chi connectivity index (χ2v) is 5.04. The highest BCUT2D eigenvalue weighted by molar-refractivity contribution is 9.10. The Hall–Kier alpha value is -1.33. The van der Waals surface area contributed by atoms with E-state index in [2.05, 4.69) is 32.4 Å². The maximum atomic E-state index is 5.95. The van der Waals surface area contributed by atoms with Crippen molar-refractivity contribution in [2.75, 3.05) is 12.3 Å². The number of hydrogen-bond acceptors (Lipinski definition) is 3. The predicted octanol–water partition coefficient (Wildman–Crippen LogP) is 1.86. The molecule has 17 heavy (non-hydrogen) atoms. The molecule has 0 radical (unpaired) electrons. The second-order valence-electron chi connectivity index (χ2n) is 4.13. The Balaban J connectivity index is 2.15. The highest BCUT2D eigenvalue weighted by Gasteiger charge is 2.19. The van der Waals surface area contributed by atoms with Crippen LogP contribution in [0.25, 0.3) is 5.69 Å². The van der Waals surface area contributed by atoms with Crippen molar-refractivity contribution in [2.24, 2.45) is 0 Å². The lowest BCUT2D eigenvalue weighted by atomic mass is 10.1. The molecule has 0 saturated carbocycles. The lowest BCUT2D eigenvalue weighted by Gasteiger charge is -2.15. The van der Waals surface area contributed by atoms with Crippen LogP contribution in [-0.4, -0.2) is 16.3 Å². The second kappa shape index (κ2) is 4.16. The van der Waals surface area contributed by atoms with Gasteiger partial charge in [0.1, 0.15) is 0 Å². The molecule has 0 amide bonds. The number of nitrogens with one attached hydrogen (secondary N) is 1. The number of fused-ring (bicyclic) bond motifs is 1. The van der Waals surface area contributed by atoms with Crippen LogP contribution >= 0.6 is 15.9 Å². The highest BCUT2D eigenvalue weighted by Crippen LogP contribution is 2.24. The first-order valence-corrected chi connectivity index (χ1v) is 6.38. The molecule has 0 atom stereocenters. The summed E-state index contributed by atoms with van der Waals surface area (Å²) in [6.07, 6.45) is 0.964. The Bertz CT molecular complexity index is 562. The molecule has 3 N–H and O–H groups in total. The average molecular weight is 293 g/mol. The van der Waals surface area contributed by atoms with Gasteiger partial charge in [-0.25, -0.2) is 4.68 Å². The van der Waals surface area contributed by atoms with Gasteiger partial charge < -0.3 is 11.1 Å². The van der Waals surface area contributed by atoms with Gasteiger partial charge >= 0.3 is 0 Å². The third-order valence-electron chi connectivity index (χ3n) is 3.01. The number of anilines is 1. The number of benzene rings is 1. The van der Waals surface area contributed by atoms with E-state index in [1.54, 1.807) is 0 Å². The lowest BCUT2D eigenvalue weighted by molar-refractivity contribution is 0.623. The summed E-state index contributed by atoms with van der Waals surface area (Å²) < 4.78 is 3.00. The molecule has 1 aliphatic rings. The van der Waals surface area contributed by atoms with Gasteiger partial charge in [-0.3, -0.25) is 0 Å². The molecule has 2 heterocycles. The molecular weight excluding hydrogens is 280 g/mol. The molecule has 5 heteroatoms. The molecule has 2 aromatic rings. The van der Waals surface area contributed by atoms with E-state index in [9.17, 15) is 0 Å². The highest BCUT2D eigenvalue weighted by atomic mass is 79.9. The van der Waals surface area contributed by atoms with E-state index in [0.29, 0.717) is 5.82 Å². The zero-order valence-corrected chi connectivity index (χ0v) is 10.9. The van der Waals surface area contributed by atoms with Gasteiger partial charge in [0.15, 0.2) is 5.82 Å². The minimum Gasteiger partial charge on any atom is -0.382 e. The van der Waals surface area contributed by atoms with Gasteiger partial charge in [0.05, 0.1) is 11.4 Å². The molecule has 1 aromatic heterocycles. The molecule has 0 spiro atoms. The van der Waals surface area contributed by atoms with E-state index in [0.717, 1.165) is 35.2 Å². The minimum atomic E-state index is 0.632. The molecule has 0 saturated heterocycles. The van der Waals surface area contributed by atoms with E-state index in [4.69, 9.17) is 5.73 Å². The van der Waals surface area contributed by atoms with Crippen LogP contribution in [0.15, 0.2) is 28.7 Å². The average Bonchev–Trinajstić information content (AvgIpc) is 2.68. The quantitative estimate of drug-likeness (QED) is 0.844. The summed E-state index contributed by atoms with van der Waals surface area (Å²) >= 11 is 3.48. The standard InChI is InChI=1S/C12H13BrN4/c13-8-2-1-3-9(6-8)17-11-4-5-15-7-10(11)12(14)16-17/h1-3,6,15H,4-5,7H2,(H2,14,16). The van der Waals surface area contributed by atoms with Gasteiger partial charge in [-0.15, -0.1) is 0 Å². The normalized spacial score (nSPS) is 14.6. The van der Waals surface area contributed by atoms with Gasteiger partial charge in [0.2, 0.25) is 0 Å². The Morgan fingerprint density at radius 3 is 3.12 bits per heavy atom. The largest absolute Gasteiger partial charge is 0.382 e. The number of nitrogen functional groups attached to an aromatic ring is 1. The van der Waals surface area contributed by atoms with Crippen LogP contribution in [0.5, 0.6) is 0 Å². The van der Waals surface area contributed by atoms with Crippen LogP contribution in [0.4, 0.5) is 5.82 Å². The van der Waals surface area contributed by atoms with Crippen molar-refractivity contribution in [1.29, 1.82) is 0 Å². The van der Waals surface area contributed by atoms with E-state index in [1.165, 1.54) is 5.69 Å². The van der Waals surface area contributed by atoms with Crippen molar-refractivity contribution >= 4 is 21.7 Å². The maximum absolute atomic E-state index is 5.95. The number of nitrogens with zero attached hydrogens (tertiary/aromatic N) is 2. The minimum absolute atomic E-state index is 0.632. The number of hydrogen-bond donors (Lipinski definition) is 2. The van der Waals surface area contributed by atoms with Crippen molar-refractivity contribution in [3.8, 4) is 5.69 Å². The van der Waals surface area contributed by atoms with Crippen molar-refractivity contribution in [3.05, 3.63) is 40.0 Å². The SMILES string of the molecule is Nc1nn(-c2cccc(Br)c2)c2c1CNCC2. The molecule has 4 nitrogen and oxygen atoms in total. The lowest BCUT2D eigenvalue weighted by Crippen LogP contribution is -2.24.